The van der Waals surface area contributed by atoms with Gasteiger partial charge in [-0.2, -0.15) is 0 Å². The van der Waals surface area contributed by atoms with E-state index in [2.05, 4.69) is 4.90 Å². The number of anilines is 1. The van der Waals surface area contributed by atoms with Crippen molar-refractivity contribution in [2.24, 2.45) is 13.0 Å². The van der Waals surface area contributed by atoms with Gasteiger partial charge in [0.05, 0.1) is 0 Å². The number of hydrogen-bond donors (Lipinski definition) is 0. The maximum atomic E-state index is 12.7. The summed E-state index contributed by atoms with van der Waals surface area (Å²) in [4.78, 5) is 41.1. The Kier molecular flexibility index (Phi) is 5.30. The maximum absolute atomic E-state index is 12.7. The first-order chi connectivity index (χ1) is 12.0. The summed E-state index contributed by atoms with van der Waals surface area (Å²) < 4.78 is 2.77. The minimum absolute atomic E-state index is 0.0719. The van der Waals surface area contributed by atoms with Gasteiger partial charge in [0, 0.05) is 51.8 Å². The third-order valence-electron chi connectivity index (χ3n) is 5.53. The Bertz CT molecular complexity index is 738. The molecule has 7 heteroatoms. The van der Waals surface area contributed by atoms with Gasteiger partial charge in [0.25, 0.3) is 5.56 Å². The second kappa shape index (κ2) is 7.45. The monoisotopic (exact) mass is 348 g/mol. The standard InChI is InChI=1S/C18H28N4O3/c1-3-22-15(13-16(23)19(2)18(22)25)20-11-7-14(8-12-20)17(24)21-9-5-4-6-10-21/h13-14H,3-12H2,1-2H3. The molecule has 0 aliphatic carbocycles. The number of likely N-dealkylation sites (tertiary alicyclic amines) is 1. The lowest BCUT2D eigenvalue weighted by molar-refractivity contribution is -0.137. The van der Waals surface area contributed by atoms with Gasteiger partial charge in [0.1, 0.15) is 5.82 Å². The lowest BCUT2D eigenvalue weighted by Crippen LogP contribution is -2.46. The van der Waals surface area contributed by atoms with Crippen molar-refractivity contribution in [1.82, 2.24) is 14.0 Å². The van der Waals surface area contributed by atoms with Gasteiger partial charge < -0.3 is 9.80 Å². The maximum Gasteiger partial charge on any atom is 0.332 e. The smallest absolute Gasteiger partial charge is 0.332 e. The number of hydrogen-bond acceptors (Lipinski definition) is 4. The summed E-state index contributed by atoms with van der Waals surface area (Å²) >= 11 is 0. The Morgan fingerprint density at radius 2 is 1.72 bits per heavy atom. The zero-order valence-electron chi connectivity index (χ0n) is 15.2. The fraction of sp³-hybridized carbons (Fsp3) is 0.722. The minimum Gasteiger partial charge on any atom is -0.358 e. The van der Waals surface area contributed by atoms with E-state index in [9.17, 15) is 14.4 Å². The number of nitrogens with zero attached hydrogens (tertiary/aromatic N) is 4. The topological polar surface area (TPSA) is 67.6 Å². The predicted octanol–water partition coefficient (Wildman–Crippen LogP) is 0.796. The van der Waals surface area contributed by atoms with Crippen LogP contribution in [0.1, 0.15) is 39.0 Å². The van der Waals surface area contributed by atoms with Gasteiger partial charge in [-0.15, -0.1) is 0 Å². The quantitative estimate of drug-likeness (QED) is 0.810. The van der Waals surface area contributed by atoms with Gasteiger partial charge in [0.15, 0.2) is 0 Å². The van der Waals surface area contributed by atoms with E-state index in [1.165, 1.54) is 19.5 Å². The first-order valence-corrected chi connectivity index (χ1v) is 9.37. The van der Waals surface area contributed by atoms with Crippen LogP contribution in [0, 0.1) is 5.92 Å². The van der Waals surface area contributed by atoms with E-state index in [0.717, 1.165) is 43.3 Å². The molecule has 2 saturated heterocycles. The lowest BCUT2D eigenvalue weighted by atomic mass is 9.94. The molecule has 3 rings (SSSR count). The Balaban J connectivity index is 1.71. The molecular weight excluding hydrogens is 320 g/mol. The molecule has 7 nitrogen and oxygen atoms in total. The van der Waals surface area contributed by atoms with Gasteiger partial charge in [-0.25, -0.2) is 4.79 Å². The van der Waals surface area contributed by atoms with Crippen LogP contribution in [-0.4, -0.2) is 46.1 Å². The van der Waals surface area contributed by atoms with Crippen molar-refractivity contribution in [3.05, 3.63) is 26.9 Å². The number of carbonyl (C=O) groups excluding carboxylic acids is 1. The lowest BCUT2D eigenvalue weighted by Gasteiger charge is -2.37. The summed E-state index contributed by atoms with van der Waals surface area (Å²) in [5, 5.41) is 0. The molecule has 0 aromatic carbocycles. The molecule has 0 spiro atoms. The molecule has 1 amide bonds. The average Bonchev–Trinajstić information content (AvgIpc) is 2.66. The van der Waals surface area contributed by atoms with Crippen LogP contribution in [0.3, 0.4) is 0 Å². The molecule has 2 aliphatic heterocycles. The Hall–Kier alpha value is -2.05. The van der Waals surface area contributed by atoms with E-state index in [-0.39, 0.29) is 23.1 Å². The molecule has 2 aliphatic rings. The summed E-state index contributed by atoms with van der Waals surface area (Å²) in [5.74, 6) is 1.04. The average molecular weight is 348 g/mol. The molecule has 3 heterocycles. The van der Waals surface area contributed by atoms with Crippen molar-refractivity contribution in [1.29, 1.82) is 0 Å². The largest absolute Gasteiger partial charge is 0.358 e. The van der Waals surface area contributed by atoms with Crippen molar-refractivity contribution in [2.45, 2.75) is 45.6 Å². The molecule has 2 fully saturated rings. The first-order valence-electron chi connectivity index (χ1n) is 9.37. The molecule has 1 aromatic heterocycles. The highest BCUT2D eigenvalue weighted by Crippen LogP contribution is 2.24. The van der Waals surface area contributed by atoms with Crippen molar-refractivity contribution < 1.29 is 4.79 Å². The van der Waals surface area contributed by atoms with Crippen LogP contribution in [0.25, 0.3) is 0 Å². The fourth-order valence-electron chi connectivity index (χ4n) is 3.95. The summed E-state index contributed by atoms with van der Waals surface area (Å²) in [6, 6.07) is 1.54. The van der Waals surface area contributed by atoms with Crippen LogP contribution < -0.4 is 16.1 Å². The summed E-state index contributed by atoms with van der Waals surface area (Å²) in [7, 11) is 1.50. The van der Waals surface area contributed by atoms with Crippen molar-refractivity contribution >= 4 is 11.7 Å². The van der Waals surface area contributed by atoms with E-state index < -0.39 is 0 Å². The number of aromatic nitrogens is 2. The van der Waals surface area contributed by atoms with E-state index >= 15 is 0 Å². The van der Waals surface area contributed by atoms with Gasteiger partial charge in [0.2, 0.25) is 5.91 Å². The van der Waals surface area contributed by atoms with Crippen molar-refractivity contribution in [3.63, 3.8) is 0 Å². The van der Waals surface area contributed by atoms with E-state index in [4.69, 9.17) is 0 Å². The van der Waals surface area contributed by atoms with Crippen LogP contribution in [-0.2, 0) is 18.4 Å². The molecular formula is C18H28N4O3. The number of piperidine rings is 2. The van der Waals surface area contributed by atoms with Crippen molar-refractivity contribution in [3.8, 4) is 0 Å². The highest BCUT2D eigenvalue weighted by molar-refractivity contribution is 5.79. The highest BCUT2D eigenvalue weighted by atomic mass is 16.2. The number of rotatable bonds is 3. The fourth-order valence-corrected chi connectivity index (χ4v) is 3.95. The molecule has 0 radical (unpaired) electrons. The summed E-state index contributed by atoms with van der Waals surface area (Å²) in [5.41, 5.74) is -0.562. The van der Waals surface area contributed by atoms with Crippen LogP contribution in [0.2, 0.25) is 0 Å². The molecule has 0 N–H and O–H groups in total. The van der Waals surface area contributed by atoms with Gasteiger partial charge >= 0.3 is 5.69 Å². The number of amides is 1. The minimum atomic E-state index is -0.281. The Morgan fingerprint density at radius 1 is 1.08 bits per heavy atom. The summed E-state index contributed by atoms with van der Waals surface area (Å²) in [6.45, 7) is 5.62. The first kappa shape index (κ1) is 17.8. The third-order valence-corrected chi connectivity index (χ3v) is 5.53. The zero-order valence-corrected chi connectivity index (χ0v) is 15.2. The Morgan fingerprint density at radius 3 is 2.32 bits per heavy atom. The molecule has 25 heavy (non-hydrogen) atoms. The molecule has 1 aromatic rings. The molecule has 0 saturated carbocycles. The second-order valence-electron chi connectivity index (χ2n) is 7.07. The van der Waals surface area contributed by atoms with Crippen LogP contribution in [0.15, 0.2) is 15.7 Å². The molecule has 138 valence electrons. The summed E-state index contributed by atoms with van der Waals surface area (Å²) in [6.07, 6.45) is 5.01. The van der Waals surface area contributed by atoms with Crippen LogP contribution in [0.5, 0.6) is 0 Å². The van der Waals surface area contributed by atoms with Crippen LogP contribution in [0.4, 0.5) is 5.82 Å². The Labute approximate surface area is 147 Å². The van der Waals surface area contributed by atoms with Crippen LogP contribution >= 0.6 is 0 Å². The van der Waals surface area contributed by atoms with Gasteiger partial charge in [-0.3, -0.25) is 18.7 Å². The SMILES string of the molecule is CCn1c(N2CCC(C(=O)N3CCCCC3)CC2)cc(=O)n(C)c1=O. The second-order valence-corrected chi connectivity index (χ2v) is 7.07. The van der Waals surface area contributed by atoms with Gasteiger partial charge in [-0.1, -0.05) is 0 Å². The third kappa shape index (κ3) is 3.50. The van der Waals surface area contributed by atoms with E-state index in [0.29, 0.717) is 25.5 Å². The number of carbonyl (C=O) groups is 1. The van der Waals surface area contributed by atoms with Gasteiger partial charge in [-0.05, 0) is 39.0 Å². The van der Waals surface area contributed by atoms with Crippen molar-refractivity contribution in [2.75, 3.05) is 31.1 Å². The molecule has 0 atom stereocenters. The zero-order chi connectivity index (χ0) is 18.0. The predicted molar refractivity (Wildman–Crippen MR) is 97.0 cm³/mol. The normalized spacial score (nSPS) is 19.3. The molecule has 0 bridgehead atoms. The molecule has 0 unspecified atom stereocenters. The highest BCUT2D eigenvalue weighted by Gasteiger charge is 2.30. The van der Waals surface area contributed by atoms with E-state index in [1.54, 1.807) is 4.57 Å². The van der Waals surface area contributed by atoms with E-state index in [1.807, 2.05) is 11.8 Å².